The molecule has 0 aliphatic heterocycles. The van der Waals surface area contributed by atoms with Gasteiger partial charge in [-0.25, -0.2) is 18.2 Å². The molecule has 0 saturated carbocycles. The van der Waals surface area contributed by atoms with Crippen LogP contribution in [0.1, 0.15) is 47.6 Å². The fourth-order valence-electron chi connectivity index (χ4n) is 3.12. The molecule has 9 nitrogen and oxygen atoms in total. The first-order chi connectivity index (χ1) is 16.8. The van der Waals surface area contributed by atoms with Crippen LogP contribution in [0.4, 0.5) is 18.9 Å². The van der Waals surface area contributed by atoms with Gasteiger partial charge in [0.25, 0.3) is 11.8 Å². The van der Waals surface area contributed by atoms with Crippen LogP contribution in [-0.4, -0.2) is 34.3 Å². The van der Waals surface area contributed by atoms with E-state index in [-0.39, 0.29) is 35.2 Å². The van der Waals surface area contributed by atoms with Gasteiger partial charge < -0.3 is 14.8 Å². The van der Waals surface area contributed by atoms with Crippen molar-refractivity contribution in [3.8, 4) is 11.6 Å². The molecular weight excluding hydrogens is 469 g/mol. The number of carbonyl (C=O) groups excluding carboxylic acids is 1. The average Bonchev–Trinajstić information content (AvgIpc) is 2.84. The maximum absolute atomic E-state index is 14.6. The molecule has 1 atom stereocenters. The predicted molar refractivity (Wildman–Crippen MR) is 118 cm³/mol. The molecule has 0 fully saturated rings. The van der Waals surface area contributed by atoms with Crippen molar-refractivity contribution in [2.24, 2.45) is 0 Å². The Hall–Kier alpha value is -4.22. The van der Waals surface area contributed by atoms with Gasteiger partial charge in [0.15, 0.2) is 11.6 Å². The van der Waals surface area contributed by atoms with E-state index >= 15 is 0 Å². The minimum Gasteiger partial charge on any atom is -0.473 e. The molecule has 0 bridgehead atoms. The molecule has 3 rings (SSSR count). The molecule has 2 heterocycles. The van der Waals surface area contributed by atoms with Crippen molar-refractivity contribution in [1.82, 2.24) is 15.3 Å². The third kappa shape index (κ3) is 6.22. The number of aromatic nitrogens is 2. The zero-order chi connectivity index (χ0) is 25.4. The number of pyridine rings is 2. The van der Waals surface area contributed by atoms with Gasteiger partial charge >= 0.3 is 5.69 Å². The minimum atomic E-state index is -1.28. The number of nitro groups is 1. The number of nitrogens with zero attached hydrogens (tertiary/aromatic N) is 3. The number of ether oxygens (including phenoxy) is 2. The highest BCUT2D eigenvalue weighted by atomic mass is 19.1. The van der Waals surface area contributed by atoms with E-state index in [1.807, 2.05) is 6.92 Å². The Bertz CT molecular complexity index is 1210. The van der Waals surface area contributed by atoms with Crippen LogP contribution in [0, 0.1) is 21.7 Å². The predicted octanol–water partition coefficient (Wildman–Crippen LogP) is 4.67. The summed E-state index contributed by atoms with van der Waals surface area (Å²) in [5.74, 6) is -3.26. The Labute approximate surface area is 198 Å². The van der Waals surface area contributed by atoms with E-state index in [1.54, 1.807) is 0 Å². The van der Waals surface area contributed by atoms with Crippen LogP contribution in [-0.2, 0) is 0 Å². The smallest absolute Gasteiger partial charge is 0.331 e. The summed E-state index contributed by atoms with van der Waals surface area (Å²) in [6.45, 7) is 0.814. The van der Waals surface area contributed by atoms with Crippen molar-refractivity contribution in [2.75, 3.05) is 13.5 Å². The van der Waals surface area contributed by atoms with Crippen LogP contribution in [0.15, 0.2) is 48.7 Å². The zero-order valence-electron chi connectivity index (χ0n) is 18.5. The number of hydrogen-bond donors (Lipinski definition) is 1. The molecule has 184 valence electrons. The van der Waals surface area contributed by atoms with E-state index in [0.29, 0.717) is 6.42 Å². The van der Waals surface area contributed by atoms with Crippen molar-refractivity contribution in [3.05, 3.63) is 87.4 Å². The van der Waals surface area contributed by atoms with Crippen molar-refractivity contribution in [1.29, 1.82) is 0 Å². The van der Waals surface area contributed by atoms with Crippen LogP contribution in [0.3, 0.4) is 0 Å². The number of alkyl halides is 1. The molecule has 0 radical (unpaired) electrons. The molecular formula is C23H21F3N4O5. The monoisotopic (exact) mass is 490 g/mol. The molecule has 3 aromatic rings. The van der Waals surface area contributed by atoms with E-state index in [2.05, 4.69) is 20.0 Å². The Morgan fingerprint density at radius 2 is 1.97 bits per heavy atom. The fourth-order valence-corrected chi connectivity index (χ4v) is 3.12. The average molecular weight is 490 g/mol. The second kappa shape index (κ2) is 11.8. The van der Waals surface area contributed by atoms with Crippen LogP contribution >= 0.6 is 0 Å². The molecule has 1 aromatic carbocycles. The highest BCUT2D eigenvalue weighted by molar-refractivity contribution is 5.93. The fraction of sp³-hybridized carbons (Fsp3) is 0.261. The van der Waals surface area contributed by atoms with E-state index in [1.165, 1.54) is 18.3 Å². The summed E-state index contributed by atoms with van der Waals surface area (Å²) in [5.41, 5.74) is -0.807. The van der Waals surface area contributed by atoms with Crippen molar-refractivity contribution in [2.45, 2.75) is 25.8 Å². The van der Waals surface area contributed by atoms with Crippen LogP contribution in [0.5, 0.6) is 11.6 Å². The van der Waals surface area contributed by atoms with Crippen LogP contribution in [0.2, 0.25) is 0 Å². The molecule has 1 N–H and O–H groups in total. The number of amides is 1. The van der Waals surface area contributed by atoms with Gasteiger partial charge in [-0.05, 0) is 42.3 Å². The van der Waals surface area contributed by atoms with E-state index < -0.39 is 41.1 Å². The largest absolute Gasteiger partial charge is 0.473 e. The number of hydrogen-bond acceptors (Lipinski definition) is 7. The maximum atomic E-state index is 14.6. The van der Waals surface area contributed by atoms with Gasteiger partial charge in [-0.15, -0.1) is 0 Å². The maximum Gasteiger partial charge on any atom is 0.331 e. The van der Waals surface area contributed by atoms with Gasteiger partial charge in [-0.1, -0.05) is 19.4 Å². The highest BCUT2D eigenvalue weighted by Crippen LogP contribution is 2.29. The molecule has 0 aliphatic rings. The lowest BCUT2D eigenvalue weighted by Crippen LogP contribution is -2.31. The molecule has 0 saturated heterocycles. The summed E-state index contributed by atoms with van der Waals surface area (Å²) in [7, 11) is 0. The summed E-state index contributed by atoms with van der Waals surface area (Å²) in [6.07, 6.45) is 2.68. The first kappa shape index (κ1) is 25.4. The standard InChI is InChI=1S/C23H21F3N4O5/c1-2-3-11-34-23-18(30(32)33)8-7-17(28-23)22(31)29-20(21-15(25)5-4-10-27-21)14-6-9-19(35-13-24)16(26)12-14/h4-10,12,20H,2-3,11,13H2,1H3,(H,29,31)/t20-/m0/s1. The minimum absolute atomic E-state index is 0.0842. The number of halogens is 3. The summed E-state index contributed by atoms with van der Waals surface area (Å²) in [4.78, 5) is 31.5. The summed E-state index contributed by atoms with van der Waals surface area (Å²) >= 11 is 0. The normalized spacial score (nSPS) is 11.5. The van der Waals surface area contributed by atoms with E-state index in [9.17, 15) is 28.1 Å². The van der Waals surface area contributed by atoms with Gasteiger partial charge in [-0.2, -0.15) is 0 Å². The number of rotatable bonds is 11. The topological polar surface area (TPSA) is 116 Å². The quantitative estimate of drug-likeness (QED) is 0.236. The Kier molecular flexibility index (Phi) is 8.54. The first-order valence-electron chi connectivity index (χ1n) is 10.5. The molecule has 0 unspecified atom stereocenters. The van der Waals surface area contributed by atoms with Gasteiger partial charge in [0, 0.05) is 12.3 Å². The number of unbranched alkanes of at least 4 members (excludes halogenated alkanes) is 1. The van der Waals surface area contributed by atoms with E-state index in [0.717, 1.165) is 36.8 Å². The third-order valence-corrected chi connectivity index (χ3v) is 4.84. The molecule has 0 aliphatic carbocycles. The number of nitrogens with one attached hydrogen (secondary N) is 1. The molecule has 12 heteroatoms. The molecule has 35 heavy (non-hydrogen) atoms. The van der Waals surface area contributed by atoms with Crippen molar-refractivity contribution in [3.63, 3.8) is 0 Å². The SMILES string of the molecule is CCCCOc1nc(C(=O)N[C@@H](c2ccc(OCF)c(F)c2)c2ncccc2F)ccc1[N+](=O)[O-]. The summed E-state index contributed by atoms with van der Waals surface area (Å²) < 4.78 is 51.3. The lowest BCUT2D eigenvalue weighted by molar-refractivity contribution is -0.386. The number of benzene rings is 1. The molecule has 0 spiro atoms. The highest BCUT2D eigenvalue weighted by Gasteiger charge is 2.26. The third-order valence-electron chi connectivity index (χ3n) is 4.84. The van der Waals surface area contributed by atoms with Gasteiger partial charge in [-0.3, -0.25) is 19.9 Å². The second-order valence-electron chi connectivity index (χ2n) is 7.20. The molecule has 1 amide bonds. The Morgan fingerprint density at radius 1 is 1.17 bits per heavy atom. The summed E-state index contributed by atoms with van der Waals surface area (Å²) in [5, 5.41) is 13.8. The summed E-state index contributed by atoms with van der Waals surface area (Å²) in [6, 6.07) is 6.76. The van der Waals surface area contributed by atoms with Gasteiger partial charge in [0.2, 0.25) is 6.86 Å². The zero-order valence-corrected chi connectivity index (χ0v) is 18.5. The van der Waals surface area contributed by atoms with Crippen LogP contribution < -0.4 is 14.8 Å². The van der Waals surface area contributed by atoms with Crippen molar-refractivity contribution >= 4 is 11.6 Å². The Balaban J connectivity index is 1.97. The van der Waals surface area contributed by atoms with Gasteiger partial charge in [0.1, 0.15) is 17.2 Å². The van der Waals surface area contributed by atoms with Crippen molar-refractivity contribution < 1.29 is 32.4 Å². The Morgan fingerprint density at radius 3 is 2.63 bits per heavy atom. The first-order valence-corrected chi connectivity index (χ1v) is 10.5. The lowest BCUT2D eigenvalue weighted by Gasteiger charge is -2.20. The molecule has 2 aromatic heterocycles. The van der Waals surface area contributed by atoms with Crippen LogP contribution in [0.25, 0.3) is 0 Å². The van der Waals surface area contributed by atoms with Gasteiger partial charge in [0.05, 0.1) is 17.6 Å². The van der Waals surface area contributed by atoms with E-state index in [4.69, 9.17) is 4.74 Å². The second-order valence-corrected chi connectivity index (χ2v) is 7.20. The lowest BCUT2D eigenvalue weighted by atomic mass is 10.0. The number of carbonyl (C=O) groups is 1.